The third-order valence-electron chi connectivity index (χ3n) is 2.90. The summed E-state index contributed by atoms with van der Waals surface area (Å²) in [5.41, 5.74) is 0.115. The van der Waals surface area contributed by atoms with Gasteiger partial charge in [-0.2, -0.15) is 0 Å². The van der Waals surface area contributed by atoms with Gasteiger partial charge in [-0.25, -0.2) is 18.7 Å². The molecule has 0 bridgehead atoms. The van der Waals surface area contributed by atoms with Gasteiger partial charge in [-0.3, -0.25) is 0 Å². The van der Waals surface area contributed by atoms with Gasteiger partial charge in [-0.15, -0.1) is 0 Å². The molecule has 2 aromatic rings. The standard InChI is InChI=1S/C15H16BrF2N3/c1-3-5-12-20-11(8-13(21-12)19-4-2)14-10(17)7-6-9(16)15(14)18/h6-8H,3-5H2,1-2H3,(H,19,20,21). The average molecular weight is 356 g/mol. The number of benzene rings is 1. The van der Waals surface area contributed by atoms with Crippen LogP contribution in [0.3, 0.4) is 0 Å². The van der Waals surface area contributed by atoms with E-state index in [0.29, 0.717) is 24.6 Å². The Balaban J connectivity index is 2.59. The largest absolute Gasteiger partial charge is 0.370 e. The predicted octanol–water partition coefficient (Wildman–Crippen LogP) is 4.57. The van der Waals surface area contributed by atoms with Gasteiger partial charge < -0.3 is 5.32 Å². The molecule has 0 spiro atoms. The molecule has 0 unspecified atom stereocenters. The lowest BCUT2D eigenvalue weighted by atomic mass is 10.1. The second-order valence-electron chi connectivity index (χ2n) is 4.55. The fourth-order valence-corrected chi connectivity index (χ4v) is 2.32. The first-order valence-corrected chi connectivity index (χ1v) is 7.61. The Morgan fingerprint density at radius 1 is 1.19 bits per heavy atom. The van der Waals surface area contributed by atoms with Crippen LogP contribution in [0.15, 0.2) is 22.7 Å². The lowest BCUT2D eigenvalue weighted by Crippen LogP contribution is -2.06. The van der Waals surface area contributed by atoms with Gasteiger partial charge in [0.05, 0.1) is 15.7 Å². The summed E-state index contributed by atoms with van der Waals surface area (Å²) >= 11 is 3.08. The van der Waals surface area contributed by atoms with Crippen molar-refractivity contribution in [1.29, 1.82) is 0 Å². The van der Waals surface area contributed by atoms with Crippen molar-refractivity contribution in [3.05, 3.63) is 40.1 Å². The van der Waals surface area contributed by atoms with Crippen LogP contribution in [0.4, 0.5) is 14.6 Å². The van der Waals surface area contributed by atoms with Gasteiger partial charge in [-0.1, -0.05) is 6.92 Å². The Labute approximate surface area is 131 Å². The highest BCUT2D eigenvalue weighted by molar-refractivity contribution is 9.10. The van der Waals surface area contributed by atoms with Gasteiger partial charge in [0.2, 0.25) is 0 Å². The van der Waals surface area contributed by atoms with Crippen LogP contribution in [0.2, 0.25) is 0 Å². The second kappa shape index (κ2) is 6.93. The number of hydrogen-bond donors (Lipinski definition) is 1. The highest BCUT2D eigenvalue weighted by Crippen LogP contribution is 2.30. The molecular weight excluding hydrogens is 340 g/mol. The van der Waals surface area contributed by atoms with E-state index in [9.17, 15) is 8.78 Å². The normalized spacial score (nSPS) is 10.7. The number of anilines is 1. The van der Waals surface area contributed by atoms with Crippen LogP contribution in [0.1, 0.15) is 26.1 Å². The number of aromatic nitrogens is 2. The maximum Gasteiger partial charge on any atom is 0.149 e. The molecule has 0 aliphatic carbocycles. The highest BCUT2D eigenvalue weighted by atomic mass is 79.9. The summed E-state index contributed by atoms with van der Waals surface area (Å²) in [6.07, 6.45) is 1.52. The second-order valence-corrected chi connectivity index (χ2v) is 5.41. The van der Waals surface area contributed by atoms with Crippen molar-refractivity contribution in [2.45, 2.75) is 26.7 Å². The summed E-state index contributed by atoms with van der Waals surface area (Å²) in [5.74, 6) is -0.146. The van der Waals surface area contributed by atoms with E-state index in [1.54, 1.807) is 6.07 Å². The van der Waals surface area contributed by atoms with Gasteiger partial charge >= 0.3 is 0 Å². The van der Waals surface area contributed by atoms with Crippen LogP contribution < -0.4 is 5.32 Å². The average Bonchev–Trinajstić information content (AvgIpc) is 2.44. The molecule has 112 valence electrons. The van der Waals surface area contributed by atoms with E-state index in [2.05, 4.69) is 31.2 Å². The van der Waals surface area contributed by atoms with Crippen molar-refractivity contribution >= 4 is 21.7 Å². The van der Waals surface area contributed by atoms with Crippen LogP contribution >= 0.6 is 15.9 Å². The molecule has 0 amide bonds. The van der Waals surface area contributed by atoms with Gasteiger partial charge in [0.15, 0.2) is 0 Å². The van der Waals surface area contributed by atoms with Crippen molar-refractivity contribution in [1.82, 2.24) is 9.97 Å². The smallest absolute Gasteiger partial charge is 0.149 e. The summed E-state index contributed by atoms with van der Waals surface area (Å²) in [4.78, 5) is 8.63. The molecule has 6 heteroatoms. The number of aryl methyl sites for hydroxylation is 1. The molecule has 0 saturated heterocycles. The van der Waals surface area contributed by atoms with Gasteiger partial charge in [0.1, 0.15) is 23.3 Å². The zero-order valence-corrected chi connectivity index (χ0v) is 13.5. The Morgan fingerprint density at radius 2 is 1.95 bits per heavy atom. The van der Waals surface area contributed by atoms with Crippen LogP contribution in [0.25, 0.3) is 11.3 Å². The van der Waals surface area contributed by atoms with Crippen molar-refractivity contribution in [2.75, 3.05) is 11.9 Å². The van der Waals surface area contributed by atoms with E-state index < -0.39 is 11.6 Å². The molecule has 0 aliphatic heterocycles. The van der Waals surface area contributed by atoms with Crippen LogP contribution in [0, 0.1) is 11.6 Å². The van der Waals surface area contributed by atoms with E-state index in [4.69, 9.17) is 0 Å². The molecule has 0 aliphatic rings. The summed E-state index contributed by atoms with van der Waals surface area (Å²) < 4.78 is 28.4. The summed E-state index contributed by atoms with van der Waals surface area (Å²) in [6.45, 7) is 4.61. The molecule has 21 heavy (non-hydrogen) atoms. The minimum atomic E-state index is -0.654. The maximum atomic E-state index is 14.2. The first-order chi connectivity index (χ1) is 10.1. The van der Waals surface area contributed by atoms with Crippen LogP contribution in [0.5, 0.6) is 0 Å². The number of nitrogens with one attached hydrogen (secondary N) is 1. The SMILES string of the molecule is CCCc1nc(NCC)cc(-c2c(F)ccc(Br)c2F)n1. The van der Waals surface area contributed by atoms with E-state index in [-0.39, 0.29) is 15.7 Å². The quantitative estimate of drug-likeness (QED) is 0.798. The van der Waals surface area contributed by atoms with Crippen LogP contribution in [-0.2, 0) is 6.42 Å². The van der Waals surface area contributed by atoms with Gasteiger partial charge in [-0.05, 0) is 41.4 Å². The predicted molar refractivity (Wildman–Crippen MR) is 83.2 cm³/mol. The van der Waals surface area contributed by atoms with E-state index in [1.807, 2.05) is 13.8 Å². The molecule has 1 N–H and O–H groups in total. The molecule has 1 aromatic heterocycles. The molecular formula is C15H16BrF2N3. The Bertz CT molecular complexity index is 623. The van der Waals surface area contributed by atoms with Crippen molar-refractivity contribution in [2.24, 2.45) is 0 Å². The molecule has 3 nitrogen and oxygen atoms in total. The van der Waals surface area contributed by atoms with Crippen LogP contribution in [-0.4, -0.2) is 16.5 Å². The van der Waals surface area contributed by atoms with E-state index in [1.165, 1.54) is 12.1 Å². The minimum absolute atomic E-state index is 0.136. The fourth-order valence-electron chi connectivity index (χ4n) is 1.99. The zero-order valence-electron chi connectivity index (χ0n) is 11.9. The molecule has 2 rings (SSSR count). The molecule has 0 radical (unpaired) electrons. The fraction of sp³-hybridized carbons (Fsp3) is 0.333. The Kier molecular flexibility index (Phi) is 5.22. The Morgan fingerprint density at radius 3 is 2.62 bits per heavy atom. The third kappa shape index (κ3) is 3.56. The zero-order chi connectivity index (χ0) is 15.4. The lowest BCUT2D eigenvalue weighted by Gasteiger charge is -2.10. The van der Waals surface area contributed by atoms with Gasteiger partial charge in [0, 0.05) is 19.0 Å². The van der Waals surface area contributed by atoms with Crippen molar-refractivity contribution in [3.8, 4) is 11.3 Å². The number of nitrogens with zero attached hydrogens (tertiary/aromatic N) is 2. The molecule has 0 saturated carbocycles. The number of hydrogen-bond acceptors (Lipinski definition) is 3. The highest BCUT2D eigenvalue weighted by Gasteiger charge is 2.17. The molecule has 0 fully saturated rings. The first-order valence-electron chi connectivity index (χ1n) is 6.82. The minimum Gasteiger partial charge on any atom is -0.370 e. The topological polar surface area (TPSA) is 37.8 Å². The summed E-state index contributed by atoms with van der Waals surface area (Å²) in [5, 5.41) is 3.06. The van der Waals surface area contributed by atoms with Crippen molar-refractivity contribution in [3.63, 3.8) is 0 Å². The van der Waals surface area contributed by atoms with Gasteiger partial charge in [0.25, 0.3) is 0 Å². The molecule has 0 atom stereocenters. The lowest BCUT2D eigenvalue weighted by molar-refractivity contribution is 0.584. The summed E-state index contributed by atoms with van der Waals surface area (Å²) in [6, 6.07) is 4.13. The van der Waals surface area contributed by atoms with E-state index >= 15 is 0 Å². The first kappa shape index (κ1) is 15.8. The Hall–Kier alpha value is -1.56. The maximum absolute atomic E-state index is 14.2. The summed E-state index contributed by atoms with van der Waals surface area (Å²) in [7, 11) is 0. The molecule has 1 aromatic carbocycles. The third-order valence-corrected chi connectivity index (χ3v) is 3.52. The van der Waals surface area contributed by atoms with E-state index in [0.717, 1.165) is 6.42 Å². The monoisotopic (exact) mass is 355 g/mol. The number of halogens is 3. The van der Waals surface area contributed by atoms with Crippen molar-refractivity contribution < 1.29 is 8.78 Å². The number of rotatable bonds is 5. The molecule has 1 heterocycles.